The zero-order valence-corrected chi connectivity index (χ0v) is 18.0. The van der Waals surface area contributed by atoms with Gasteiger partial charge in [0.2, 0.25) is 0 Å². The van der Waals surface area contributed by atoms with Crippen LogP contribution in [0.5, 0.6) is 5.75 Å². The van der Waals surface area contributed by atoms with Gasteiger partial charge in [0.25, 0.3) is 0 Å². The van der Waals surface area contributed by atoms with Crippen LogP contribution < -0.4 is 10.5 Å². The molecule has 7 nitrogen and oxygen atoms in total. The van der Waals surface area contributed by atoms with E-state index < -0.39 is 0 Å². The molecule has 0 aliphatic heterocycles. The molecule has 160 valence electrons. The Kier molecular flexibility index (Phi) is 6.13. The second-order valence-electron chi connectivity index (χ2n) is 7.87. The number of aromatic nitrogens is 3. The zero-order chi connectivity index (χ0) is 21.8. The molecule has 4 rings (SSSR count). The van der Waals surface area contributed by atoms with Gasteiger partial charge in [-0.25, -0.2) is 14.8 Å². The van der Waals surface area contributed by atoms with E-state index in [2.05, 4.69) is 14.9 Å². The molecule has 0 spiro atoms. The molecule has 2 aromatic carbocycles. The number of hydrogen-bond acceptors (Lipinski definition) is 6. The maximum atomic E-state index is 12.3. The summed E-state index contributed by atoms with van der Waals surface area (Å²) >= 11 is 0. The van der Waals surface area contributed by atoms with Crippen LogP contribution in [0.25, 0.3) is 22.5 Å². The van der Waals surface area contributed by atoms with Crippen LogP contribution in [0.2, 0.25) is 0 Å². The quantitative estimate of drug-likeness (QED) is 0.406. The predicted molar refractivity (Wildman–Crippen MR) is 120 cm³/mol. The van der Waals surface area contributed by atoms with Gasteiger partial charge in [-0.2, -0.15) is 0 Å². The second-order valence-corrected chi connectivity index (χ2v) is 7.87. The Morgan fingerprint density at radius 1 is 1.10 bits per heavy atom. The van der Waals surface area contributed by atoms with Crippen molar-refractivity contribution >= 4 is 11.1 Å². The Labute approximate surface area is 180 Å². The largest absolute Gasteiger partial charge is 0.490 e. The third-order valence-corrected chi connectivity index (χ3v) is 5.00. The van der Waals surface area contributed by atoms with Gasteiger partial charge in [0.15, 0.2) is 17.2 Å². The molecule has 0 aliphatic carbocycles. The number of hydrogen-bond donors (Lipinski definition) is 0. The van der Waals surface area contributed by atoms with Crippen LogP contribution in [0.1, 0.15) is 17.5 Å². The SMILES string of the molecule is Cc1ccc2c(c1)oc(=O)n2Cc1cccc(-c2ncc(OCCCN(C)C)cn2)c1. The van der Waals surface area contributed by atoms with Crippen molar-refractivity contribution in [1.29, 1.82) is 0 Å². The van der Waals surface area contributed by atoms with Crippen LogP contribution in [0.15, 0.2) is 64.1 Å². The van der Waals surface area contributed by atoms with Crippen LogP contribution in [-0.4, -0.2) is 46.7 Å². The second kappa shape index (κ2) is 9.14. The predicted octanol–water partition coefficient (Wildman–Crippen LogP) is 3.74. The van der Waals surface area contributed by atoms with Crippen molar-refractivity contribution < 1.29 is 9.15 Å². The Balaban J connectivity index is 1.49. The van der Waals surface area contributed by atoms with E-state index in [9.17, 15) is 4.79 Å². The van der Waals surface area contributed by atoms with Gasteiger partial charge in [-0.3, -0.25) is 4.57 Å². The molecule has 4 aromatic rings. The fourth-order valence-corrected chi connectivity index (χ4v) is 3.43. The lowest BCUT2D eigenvalue weighted by Gasteiger charge is -2.10. The Morgan fingerprint density at radius 3 is 2.68 bits per heavy atom. The number of benzene rings is 2. The molecular weight excluding hydrogens is 392 g/mol. The number of ether oxygens (including phenoxy) is 1. The van der Waals surface area contributed by atoms with E-state index >= 15 is 0 Å². The standard InChI is InChI=1S/C24H26N4O3/c1-17-8-9-21-22(12-17)31-24(29)28(21)16-18-6-4-7-19(13-18)23-25-14-20(15-26-23)30-11-5-10-27(2)3/h4,6-9,12-15H,5,10-11,16H2,1-3H3. The highest BCUT2D eigenvalue weighted by Crippen LogP contribution is 2.20. The summed E-state index contributed by atoms with van der Waals surface area (Å²) in [7, 11) is 4.08. The number of nitrogens with zero attached hydrogens (tertiary/aromatic N) is 4. The van der Waals surface area contributed by atoms with Gasteiger partial charge < -0.3 is 14.1 Å². The topological polar surface area (TPSA) is 73.4 Å². The van der Waals surface area contributed by atoms with Gasteiger partial charge in [-0.05, 0) is 56.8 Å². The first-order valence-electron chi connectivity index (χ1n) is 10.3. The van der Waals surface area contributed by atoms with E-state index in [1.165, 1.54) is 0 Å². The summed E-state index contributed by atoms with van der Waals surface area (Å²) in [6.07, 6.45) is 4.33. The van der Waals surface area contributed by atoms with Gasteiger partial charge in [0, 0.05) is 12.1 Å². The van der Waals surface area contributed by atoms with E-state index in [-0.39, 0.29) is 5.76 Å². The van der Waals surface area contributed by atoms with Gasteiger partial charge >= 0.3 is 5.76 Å². The van der Waals surface area contributed by atoms with E-state index in [0.717, 1.165) is 35.2 Å². The summed E-state index contributed by atoms with van der Waals surface area (Å²) < 4.78 is 12.7. The van der Waals surface area contributed by atoms with Crippen LogP contribution in [0.3, 0.4) is 0 Å². The third-order valence-electron chi connectivity index (χ3n) is 5.00. The van der Waals surface area contributed by atoms with Gasteiger partial charge in [-0.1, -0.05) is 24.3 Å². The summed E-state index contributed by atoms with van der Waals surface area (Å²) in [6.45, 7) is 3.99. The molecular formula is C24H26N4O3. The molecule has 0 saturated heterocycles. The molecule has 0 bridgehead atoms. The van der Waals surface area contributed by atoms with E-state index in [4.69, 9.17) is 9.15 Å². The molecule has 0 amide bonds. The Bertz CT molecular complexity index is 1230. The van der Waals surface area contributed by atoms with Crippen molar-refractivity contribution in [3.63, 3.8) is 0 Å². The smallest absolute Gasteiger partial charge is 0.420 e. The molecule has 0 aliphatic rings. The number of rotatable bonds is 8. The highest BCUT2D eigenvalue weighted by atomic mass is 16.5. The van der Waals surface area contributed by atoms with Crippen LogP contribution >= 0.6 is 0 Å². The highest BCUT2D eigenvalue weighted by molar-refractivity contribution is 5.73. The van der Waals surface area contributed by atoms with Gasteiger partial charge in [0.05, 0.1) is 31.1 Å². The first-order chi connectivity index (χ1) is 15.0. The highest BCUT2D eigenvalue weighted by Gasteiger charge is 2.11. The molecule has 0 radical (unpaired) electrons. The maximum absolute atomic E-state index is 12.3. The van der Waals surface area contributed by atoms with Crippen molar-refractivity contribution in [2.24, 2.45) is 0 Å². The molecule has 0 unspecified atom stereocenters. The van der Waals surface area contributed by atoms with Gasteiger partial charge in [-0.15, -0.1) is 0 Å². The normalized spacial score (nSPS) is 11.4. The molecule has 0 N–H and O–H groups in total. The minimum absolute atomic E-state index is 0.363. The summed E-state index contributed by atoms with van der Waals surface area (Å²) in [4.78, 5) is 23.4. The lowest BCUT2D eigenvalue weighted by atomic mass is 10.1. The molecule has 2 aromatic heterocycles. The third kappa shape index (κ3) is 5.00. The number of fused-ring (bicyclic) bond motifs is 1. The fraction of sp³-hybridized carbons (Fsp3) is 0.292. The Hall–Kier alpha value is -3.45. The van der Waals surface area contributed by atoms with Crippen LogP contribution in [0.4, 0.5) is 0 Å². The van der Waals surface area contributed by atoms with Crippen LogP contribution in [-0.2, 0) is 6.54 Å². The molecule has 0 fully saturated rings. The molecule has 0 atom stereocenters. The van der Waals surface area contributed by atoms with Crippen molar-refractivity contribution in [1.82, 2.24) is 19.4 Å². The number of aryl methyl sites for hydroxylation is 1. The molecule has 31 heavy (non-hydrogen) atoms. The fourth-order valence-electron chi connectivity index (χ4n) is 3.43. The van der Waals surface area contributed by atoms with Crippen molar-refractivity contribution in [2.45, 2.75) is 19.9 Å². The summed E-state index contributed by atoms with van der Waals surface area (Å²) in [5, 5.41) is 0. The number of oxazole rings is 1. The van der Waals surface area contributed by atoms with E-state index in [1.54, 1.807) is 17.0 Å². The summed E-state index contributed by atoms with van der Waals surface area (Å²) in [6, 6.07) is 13.6. The minimum Gasteiger partial charge on any atom is -0.490 e. The molecule has 0 saturated carbocycles. The van der Waals surface area contributed by atoms with Crippen molar-refractivity contribution in [3.05, 3.63) is 76.5 Å². The van der Waals surface area contributed by atoms with E-state index in [1.807, 2.05) is 63.5 Å². The molecule has 2 heterocycles. The first-order valence-corrected chi connectivity index (χ1v) is 10.3. The average molecular weight is 418 g/mol. The lowest BCUT2D eigenvalue weighted by Crippen LogP contribution is -2.15. The maximum Gasteiger partial charge on any atom is 0.420 e. The average Bonchev–Trinajstić information content (AvgIpc) is 3.06. The zero-order valence-electron chi connectivity index (χ0n) is 18.0. The monoisotopic (exact) mass is 418 g/mol. The molecule has 7 heteroatoms. The van der Waals surface area contributed by atoms with E-state index in [0.29, 0.717) is 30.3 Å². The van der Waals surface area contributed by atoms with Crippen LogP contribution in [0, 0.1) is 6.92 Å². The summed E-state index contributed by atoms with van der Waals surface area (Å²) in [5.41, 5.74) is 4.29. The Morgan fingerprint density at radius 2 is 1.90 bits per heavy atom. The first kappa shape index (κ1) is 20.8. The van der Waals surface area contributed by atoms with Gasteiger partial charge in [0.1, 0.15) is 0 Å². The summed E-state index contributed by atoms with van der Waals surface area (Å²) in [5.74, 6) is 0.908. The van der Waals surface area contributed by atoms with Crippen molar-refractivity contribution in [2.75, 3.05) is 27.2 Å². The van der Waals surface area contributed by atoms with Crippen molar-refractivity contribution in [3.8, 4) is 17.1 Å². The minimum atomic E-state index is -0.363. The lowest BCUT2D eigenvalue weighted by molar-refractivity contribution is 0.280.